The fourth-order valence-electron chi connectivity index (χ4n) is 7.35. The van der Waals surface area contributed by atoms with Gasteiger partial charge in [0.2, 0.25) is 0 Å². The van der Waals surface area contributed by atoms with Gasteiger partial charge in [-0.15, -0.1) is 6.58 Å². The van der Waals surface area contributed by atoms with E-state index in [-0.39, 0.29) is 22.9 Å². The van der Waals surface area contributed by atoms with Crippen LogP contribution in [0.25, 0.3) is 0 Å². The predicted octanol–water partition coefficient (Wildman–Crippen LogP) is 4.80. The Morgan fingerprint density at radius 2 is 1.96 bits per heavy atom. The Morgan fingerprint density at radius 3 is 2.65 bits per heavy atom. The molecule has 144 valence electrons. The summed E-state index contributed by atoms with van der Waals surface area (Å²) in [4.78, 5) is 11.4. The van der Waals surface area contributed by atoms with Crippen molar-refractivity contribution >= 4 is 5.97 Å². The number of aliphatic hydroxyl groups is 1. The Labute approximate surface area is 157 Å². The zero-order valence-corrected chi connectivity index (χ0v) is 16.6. The molecule has 4 aliphatic rings. The molecule has 26 heavy (non-hydrogen) atoms. The predicted molar refractivity (Wildman–Crippen MR) is 102 cm³/mol. The number of allylic oxidation sites excluding steroid dienone is 1. The summed E-state index contributed by atoms with van der Waals surface area (Å²) in [6.07, 6.45) is 12.8. The van der Waals surface area contributed by atoms with Crippen molar-refractivity contribution in [2.45, 2.75) is 83.8 Å². The lowest BCUT2D eigenvalue weighted by molar-refractivity contribution is -0.149. The standard InChI is InChI=1S/C23H34O3/c1-5-23(25)13-10-20-18-7-6-16-14-17(26-15(2)24)8-11-21(16,3)19(18)9-12-22(20,23)4/h5-6,17-20,25H,1,7-14H2,2-4H3. The summed E-state index contributed by atoms with van der Waals surface area (Å²) < 4.78 is 5.52. The highest BCUT2D eigenvalue weighted by molar-refractivity contribution is 5.66. The molecule has 3 heteroatoms. The second kappa shape index (κ2) is 5.95. The third-order valence-corrected chi connectivity index (χ3v) is 8.94. The van der Waals surface area contributed by atoms with Crippen LogP contribution in [-0.2, 0) is 9.53 Å². The molecule has 0 spiro atoms. The molecule has 3 saturated carbocycles. The molecule has 7 unspecified atom stereocenters. The zero-order chi connectivity index (χ0) is 18.7. The monoisotopic (exact) mass is 358 g/mol. The number of rotatable bonds is 2. The van der Waals surface area contributed by atoms with Gasteiger partial charge in [-0.05, 0) is 68.1 Å². The molecule has 7 atom stereocenters. The second-order valence-corrected chi connectivity index (χ2v) is 9.86. The maximum Gasteiger partial charge on any atom is 0.302 e. The molecular formula is C23H34O3. The summed E-state index contributed by atoms with van der Waals surface area (Å²) >= 11 is 0. The Bertz CT molecular complexity index is 652. The number of esters is 1. The number of fused-ring (bicyclic) bond motifs is 5. The van der Waals surface area contributed by atoms with Crippen LogP contribution < -0.4 is 0 Å². The minimum atomic E-state index is -0.694. The van der Waals surface area contributed by atoms with Crippen LogP contribution in [0.2, 0.25) is 0 Å². The molecule has 0 saturated heterocycles. The van der Waals surface area contributed by atoms with Crippen LogP contribution in [0.15, 0.2) is 24.3 Å². The zero-order valence-electron chi connectivity index (χ0n) is 16.6. The number of carbonyl (C=O) groups is 1. The number of ether oxygens (including phenoxy) is 1. The topological polar surface area (TPSA) is 46.5 Å². The Balaban J connectivity index is 1.61. The smallest absolute Gasteiger partial charge is 0.302 e. The van der Waals surface area contributed by atoms with E-state index in [0.717, 1.165) is 44.9 Å². The molecule has 0 aliphatic heterocycles. The molecule has 0 radical (unpaired) electrons. The Morgan fingerprint density at radius 1 is 1.23 bits per heavy atom. The highest BCUT2D eigenvalue weighted by atomic mass is 16.5. The van der Waals surface area contributed by atoms with Gasteiger partial charge in [0, 0.05) is 18.8 Å². The van der Waals surface area contributed by atoms with Gasteiger partial charge in [0.25, 0.3) is 0 Å². The lowest BCUT2D eigenvalue weighted by atomic mass is 9.47. The van der Waals surface area contributed by atoms with Crippen LogP contribution in [0.3, 0.4) is 0 Å². The van der Waals surface area contributed by atoms with Crippen molar-refractivity contribution in [2.75, 3.05) is 0 Å². The van der Waals surface area contributed by atoms with Crippen molar-refractivity contribution < 1.29 is 14.6 Å². The van der Waals surface area contributed by atoms with Crippen molar-refractivity contribution in [3.05, 3.63) is 24.3 Å². The average molecular weight is 359 g/mol. The van der Waals surface area contributed by atoms with E-state index < -0.39 is 5.60 Å². The first kappa shape index (κ1) is 18.3. The minimum Gasteiger partial charge on any atom is -0.462 e. The fourth-order valence-corrected chi connectivity index (χ4v) is 7.35. The van der Waals surface area contributed by atoms with E-state index in [1.807, 2.05) is 6.08 Å². The summed E-state index contributed by atoms with van der Waals surface area (Å²) in [6.45, 7) is 10.2. The summed E-state index contributed by atoms with van der Waals surface area (Å²) in [5.74, 6) is 1.80. The first-order chi connectivity index (χ1) is 12.2. The van der Waals surface area contributed by atoms with Crippen molar-refractivity contribution in [3.8, 4) is 0 Å². The summed E-state index contributed by atoms with van der Waals surface area (Å²) in [5.41, 5.74) is 1.06. The van der Waals surface area contributed by atoms with Gasteiger partial charge >= 0.3 is 5.97 Å². The van der Waals surface area contributed by atoms with E-state index in [9.17, 15) is 9.90 Å². The second-order valence-electron chi connectivity index (χ2n) is 9.86. The quantitative estimate of drug-likeness (QED) is 0.570. The molecule has 0 aromatic heterocycles. The van der Waals surface area contributed by atoms with Crippen molar-refractivity contribution in [1.82, 2.24) is 0 Å². The SMILES string of the molecule is C=CC1(O)CCC2C3CC=C4CC(OC(C)=O)CCC4(C)C3CCC21C. The molecule has 0 bridgehead atoms. The van der Waals surface area contributed by atoms with Gasteiger partial charge in [0.1, 0.15) is 6.10 Å². The number of carbonyl (C=O) groups excluding carboxylic acids is 1. The molecule has 4 rings (SSSR count). The molecule has 0 amide bonds. The number of hydrogen-bond acceptors (Lipinski definition) is 3. The fraction of sp³-hybridized carbons (Fsp3) is 0.783. The van der Waals surface area contributed by atoms with E-state index in [0.29, 0.717) is 17.8 Å². The molecule has 0 aromatic rings. The highest BCUT2D eigenvalue weighted by Gasteiger charge is 2.62. The summed E-state index contributed by atoms with van der Waals surface area (Å²) in [7, 11) is 0. The third-order valence-electron chi connectivity index (χ3n) is 8.94. The highest BCUT2D eigenvalue weighted by Crippen LogP contribution is 2.67. The normalized spacial score (nSPS) is 50.1. The van der Waals surface area contributed by atoms with E-state index in [1.54, 1.807) is 0 Å². The molecule has 3 nitrogen and oxygen atoms in total. The van der Waals surface area contributed by atoms with Gasteiger partial charge in [-0.25, -0.2) is 0 Å². The summed E-state index contributed by atoms with van der Waals surface area (Å²) in [6, 6.07) is 0. The van der Waals surface area contributed by atoms with Crippen LogP contribution >= 0.6 is 0 Å². The van der Waals surface area contributed by atoms with E-state index in [2.05, 4.69) is 26.5 Å². The van der Waals surface area contributed by atoms with Crippen molar-refractivity contribution in [1.29, 1.82) is 0 Å². The van der Waals surface area contributed by atoms with Gasteiger partial charge in [-0.1, -0.05) is 31.6 Å². The largest absolute Gasteiger partial charge is 0.462 e. The molecule has 4 aliphatic carbocycles. The van der Waals surface area contributed by atoms with Gasteiger partial charge in [0.15, 0.2) is 0 Å². The maximum absolute atomic E-state index is 11.4. The van der Waals surface area contributed by atoms with Crippen LogP contribution in [-0.4, -0.2) is 22.8 Å². The number of hydrogen-bond donors (Lipinski definition) is 1. The van der Waals surface area contributed by atoms with Crippen molar-refractivity contribution in [2.24, 2.45) is 28.6 Å². The van der Waals surface area contributed by atoms with Crippen molar-refractivity contribution in [3.63, 3.8) is 0 Å². The van der Waals surface area contributed by atoms with E-state index in [4.69, 9.17) is 4.74 Å². The first-order valence-corrected chi connectivity index (χ1v) is 10.5. The third kappa shape index (κ3) is 2.38. The molecular weight excluding hydrogens is 324 g/mol. The van der Waals surface area contributed by atoms with Crippen LogP contribution in [0.5, 0.6) is 0 Å². The van der Waals surface area contributed by atoms with Gasteiger partial charge in [-0.3, -0.25) is 4.79 Å². The first-order valence-electron chi connectivity index (χ1n) is 10.5. The van der Waals surface area contributed by atoms with Gasteiger partial charge < -0.3 is 9.84 Å². The lowest BCUT2D eigenvalue weighted by Crippen LogP contribution is -2.54. The molecule has 0 heterocycles. The van der Waals surface area contributed by atoms with Crippen LogP contribution in [0.4, 0.5) is 0 Å². The average Bonchev–Trinajstić information content (AvgIpc) is 2.87. The van der Waals surface area contributed by atoms with Gasteiger partial charge in [-0.2, -0.15) is 0 Å². The van der Waals surface area contributed by atoms with Crippen LogP contribution in [0.1, 0.15) is 72.1 Å². The van der Waals surface area contributed by atoms with Gasteiger partial charge in [0.05, 0.1) is 5.60 Å². The Kier molecular flexibility index (Phi) is 4.19. The van der Waals surface area contributed by atoms with Crippen LogP contribution in [0, 0.1) is 28.6 Å². The Hall–Kier alpha value is -1.09. The molecule has 1 N–H and O–H groups in total. The molecule has 3 fully saturated rings. The maximum atomic E-state index is 11.4. The van der Waals surface area contributed by atoms with E-state index >= 15 is 0 Å². The molecule has 0 aromatic carbocycles. The lowest BCUT2D eigenvalue weighted by Gasteiger charge is -2.58. The van der Waals surface area contributed by atoms with E-state index in [1.165, 1.54) is 18.9 Å². The summed E-state index contributed by atoms with van der Waals surface area (Å²) in [5, 5.41) is 11.2. The minimum absolute atomic E-state index is 0.0213.